The van der Waals surface area contributed by atoms with Crippen LogP contribution >= 0.6 is 23.3 Å². The van der Waals surface area contributed by atoms with E-state index in [4.69, 9.17) is 0 Å². The number of benzene rings is 1. The minimum atomic E-state index is -0.353. The third-order valence-electron chi connectivity index (χ3n) is 2.45. The summed E-state index contributed by atoms with van der Waals surface area (Å²) >= 11 is 2.52. The maximum absolute atomic E-state index is 11.3. The lowest BCUT2D eigenvalue weighted by Gasteiger charge is -2.08. The van der Waals surface area contributed by atoms with Crippen molar-refractivity contribution < 1.29 is 4.92 Å². The summed E-state index contributed by atoms with van der Waals surface area (Å²) in [4.78, 5) is 15.8. The third kappa shape index (κ3) is 3.45. The van der Waals surface area contributed by atoms with E-state index < -0.39 is 0 Å². The normalized spacial score (nSPS) is 10.5. The van der Waals surface area contributed by atoms with Gasteiger partial charge in [0.1, 0.15) is 11.5 Å². The molecule has 20 heavy (non-hydrogen) atoms. The van der Waals surface area contributed by atoms with Gasteiger partial charge in [-0.1, -0.05) is 24.8 Å². The van der Waals surface area contributed by atoms with Crippen LogP contribution < -0.4 is 5.32 Å². The highest BCUT2D eigenvalue weighted by molar-refractivity contribution is 8.01. The van der Waals surface area contributed by atoms with E-state index in [1.165, 1.54) is 23.3 Å². The molecular formula is C12H14N4O2S2. The highest BCUT2D eigenvalue weighted by atomic mass is 32.2. The largest absolute Gasteiger partial charge is 0.379 e. The zero-order valence-electron chi connectivity index (χ0n) is 11.1. The first kappa shape index (κ1) is 14.7. The summed E-state index contributed by atoms with van der Waals surface area (Å²) in [7, 11) is 0. The molecular weight excluding hydrogens is 296 g/mol. The summed E-state index contributed by atoms with van der Waals surface area (Å²) in [5.74, 6) is 0.681. The van der Waals surface area contributed by atoms with E-state index in [2.05, 4.69) is 14.7 Å². The lowest BCUT2D eigenvalue weighted by atomic mass is 10.2. The molecule has 0 aliphatic rings. The lowest BCUT2D eigenvalue weighted by Crippen LogP contribution is -2.03. The number of aromatic nitrogens is 2. The van der Waals surface area contributed by atoms with E-state index in [1.807, 2.05) is 6.92 Å². The number of rotatable bonds is 6. The quantitative estimate of drug-likeness (QED) is 0.647. The fraction of sp³-hybridized carbons (Fsp3) is 0.333. The van der Waals surface area contributed by atoms with Crippen LogP contribution in [0.25, 0.3) is 0 Å². The summed E-state index contributed by atoms with van der Waals surface area (Å²) < 4.78 is 4.79. The Morgan fingerprint density at radius 1 is 1.50 bits per heavy atom. The molecule has 0 aliphatic carbocycles. The van der Waals surface area contributed by atoms with E-state index in [1.54, 1.807) is 25.1 Å². The average Bonchev–Trinajstić information content (AvgIpc) is 2.81. The Labute approximate surface area is 124 Å². The molecule has 0 atom stereocenters. The number of hydrogen-bond acceptors (Lipinski definition) is 7. The second kappa shape index (κ2) is 6.67. The second-order valence-corrected chi connectivity index (χ2v) is 6.09. The van der Waals surface area contributed by atoms with E-state index in [0.29, 0.717) is 27.3 Å². The van der Waals surface area contributed by atoms with Gasteiger partial charge in [0.15, 0.2) is 4.34 Å². The molecule has 0 saturated carbocycles. The predicted molar refractivity (Wildman–Crippen MR) is 80.6 cm³/mol. The van der Waals surface area contributed by atoms with Crippen LogP contribution in [0, 0.1) is 17.0 Å². The summed E-state index contributed by atoms with van der Waals surface area (Å²) in [6.07, 6.45) is 0.907. The number of nitrogens with zero attached hydrogens (tertiary/aromatic N) is 3. The molecule has 1 aromatic carbocycles. The maximum Gasteiger partial charge on any atom is 0.306 e. The molecule has 106 valence electrons. The summed E-state index contributed by atoms with van der Waals surface area (Å²) in [6, 6.07) is 5.26. The summed E-state index contributed by atoms with van der Waals surface area (Å²) in [5.41, 5.74) is 0.641. The van der Waals surface area contributed by atoms with Gasteiger partial charge in [0, 0.05) is 6.54 Å². The topological polar surface area (TPSA) is 81.0 Å². The van der Waals surface area contributed by atoms with Crippen LogP contribution in [0.4, 0.5) is 11.4 Å². The van der Waals surface area contributed by atoms with Crippen molar-refractivity contribution in [1.82, 2.24) is 9.36 Å². The molecule has 1 N–H and O–H groups in total. The molecule has 1 aromatic heterocycles. The zero-order valence-corrected chi connectivity index (χ0v) is 12.8. The molecule has 1 heterocycles. The van der Waals surface area contributed by atoms with Gasteiger partial charge in [-0.2, -0.15) is 4.37 Å². The third-order valence-corrected chi connectivity index (χ3v) is 4.35. The monoisotopic (exact) mass is 310 g/mol. The van der Waals surface area contributed by atoms with E-state index in [9.17, 15) is 10.1 Å². The number of nitro groups is 1. The van der Waals surface area contributed by atoms with Gasteiger partial charge >= 0.3 is 5.69 Å². The Balaban J connectivity index is 2.33. The molecule has 0 fully saturated rings. The van der Waals surface area contributed by atoms with Crippen molar-refractivity contribution in [3.05, 3.63) is 34.1 Å². The molecule has 2 aromatic rings. The van der Waals surface area contributed by atoms with Gasteiger partial charge in [-0.15, -0.1) is 0 Å². The molecule has 6 nitrogen and oxygen atoms in total. The van der Waals surface area contributed by atoms with Crippen molar-refractivity contribution >= 4 is 34.7 Å². The molecule has 0 aliphatic heterocycles. The van der Waals surface area contributed by atoms with Crippen LogP contribution in [0.2, 0.25) is 0 Å². The minimum absolute atomic E-state index is 0.0961. The number of nitrogens with one attached hydrogen (secondary N) is 1. The molecule has 0 amide bonds. The van der Waals surface area contributed by atoms with Crippen LogP contribution in [-0.4, -0.2) is 20.8 Å². The highest BCUT2D eigenvalue weighted by Gasteiger charge is 2.21. The minimum Gasteiger partial charge on any atom is -0.379 e. The number of nitro benzene ring substituents is 1. The Morgan fingerprint density at radius 2 is 2.30 bits per heavy atom. The smallest absolute Gasteiger partial charge is 0.306 e. The Kier molecular flexibility index (Phi) is 4.91. The first-order chi connectivity index (χ1) is 9.61. The molecule has 0 radical (unpaired) electrons. The van der Waals surface area contributed by atoms with Crippen molar-refractivity contribution in [2.45, 2.75) is 29.5 Å². The van der Waals surface area contributed by atoms with E-state index in [-0.39, 0.29) is 10.6 Å². The molecule has 2 rings (SSSR count). The number of para-hydroxylation sites is 1. The standard InChI is InChI=1S/C12H14N4O2S2/c1-3-7-13-9-5-4-6-10(11(9)16(17)18)19-12-14-8(2)15-20-12/h4-6,13H,3,7H2,1-2H3. The summed E-state index contributed by atoms with van der Waals surface area (Å²) in [6.45, 7) is 4.52. The highest BCUT2D eigenvalue weighted by Crippen LogP contribution is 2.39. The summed E-state index contributed by atoms with van der Waals surface area (Å²) in [5, 5.41) is 14.4. The number of hydrogen-bond donors (Lipinski definition) is 1. The fourth-order valence-corrected chi connectivity index (χ4v) is 3.36. The van der Waals surface area contributed by atoms with Crippen molar-refractivity contribution in [2.24, 2.45) is 0 Å². The molecule has 0 saturated heterocycles. The molecule has 0 unspecified atom stereocenters. The number of aryl methyl sites for hydroxylation is 1. The first-order valence-corrected chi connectivity index (χ1v) is 7.70. The van der Waals surface area contributed by atoms with Gasteiger partial charge in [-0.05, 0) is 37.0 Å². The first-order valence-electron chi connectivity index (χ1n) is 6.11. The molecule has 8 heteroatoms. The van der Waals surface area contributed by atoms with Crippen LogP contribution in [0.5, 0.6) is 0 Å². The van der Waals surface area contributed by atoms with Crippen LogP contribution in [0.1, 0.15) is 19.2 Å². The Bertz CT molecular complexity index is 615. The molecule has 0 spiro atoms. The van der Waals surface area contributed by atoms with Crippen LogP contribution in [0.3, 0.4) is 0 Å². The van der Waals surface area contributed by atoms with Crippen molar-refractivity contribution in [1.29, 1.82) is 0 Å². The van der Waals surface area contributed by atoms with Crippen molar-refractivity contribution in [3.8, 4) is 0 Å². The number of anilines is 1. The van der Waals surface area contributed by atoms with E-state index >= 15 is 0 Å². The average molecular weight is 310 g/mol. The van der Waals surface area contributed by atoms with Gasteiger partial charge < -0.3 is 5.32 Å². The lowest BCUT2D eigenvalue weighted by molar-refractivity contribution is -0.386. The van der Waals surface area contributed by atoms with Crippen molar-refractivity contribution in [2.75, 3.05) is 11.9 Å². The SMILES string of the molecule is CCCNc1cccc(Sc2nc(C)ns2)c1[N+](=O)[O-]. The van der Waals surface area contributed by atoms with Gasteiger partial charge in [0.25, 0.3) is 0 Å². The van der Waals surface area contributed by atoms with Gasteiger partial charge in [0.05, 0.1) is 9.82 Å². The Morgan fingerprint density at radius 3 is 2.90 bits per heavy atom. The maximum atomic E-state index is 11.3. The Hall–Kier alpha value is -1.67. The van der Waals surface area contributed by atoms with Gasteiger partial charge in [-0.3, -0.25) is 10.1 Å². The predicted octanol–water partition coefficient (Wildman–Crippen LogP) is 3.73. The van der Waals surface area contributed by atoms with Gasteiger partial charge in [-0.25, -0.2) is 4.98 Å². The van der Waals surface area contributed by atoms with Crippen LogP contribution in [0.15, 0.2) is 27.4 Å². The van der Waals surface area contributed by atoms with Gasteiger partial charge in [0.2, 0.25) is 0 Å². The fourth-order valence-electron chi connectivity index (χ4n) is 1.61. The van der Waals surface area contributed by atoms with Crippen LogP contribution in [-0.2, 0) is 0 Å². The zero-order chi connectivity index (χ0) is 14.5. The second-order valence-electron chi connectivity index (χ2n) is 4.05. The van der Waals surface area contributed by atoms with E-state index in [0.717, 1.165) is 6.42 Å². The van der Waals surface area contributed by atoms with Crippen molar-refractivity contribution in [3.63, 3.8) is 0 Å². The molecule has 0 bridgehead atoms.